The molecule has 0 bridgehead atoms. The van der Waals surface area contributed by atoms with Gasteiger partial charge in [0, 0.05) is 18.4 Å². The number of nitrogens with zero attached hydrogens (tertiary/aromatic N) is 2. The molecule has 0 N–H and O–H groups in total. The van der Waals surface area contributed by atoms with Crippen molar-refractivity contribution in [2.24, 2.45) is 0 Å². The molecule has 3 rings (SSSR count). The summed E-state index contributed by atoms with van der Waals surface area (Å²) in [6, 6.07) is 5.93. The van der Waals surface area contributed by atoms with E-state index in [2.05, 4.69) is 4.98 Å². The fraction of sp³-hybridized carbons (Fsp3) is 0.333. The Bertz CT molecular complexity index is 848. The summed E-state index contributed by atoms with van der Waals surface area (Å²) in [6.45, 7) is 0.885. The third kappa shape index (κ3) is 3.42. The van der Waals surface area contributed by atoms with Crippen molar-refractivity contribution in [2.75, 3.05) is 24.2 Å². The predicted octanol–water partition coefficient (Wildman–Crippen LogP) is 2.33. The number of hydrogen-bond acceptors (Lipinski definition) is 6. The number of rotatable bonds is 4. The van der Waals surface area contributed by atoms with Gasteiger partial charge < -0.3 is 4.90 Å². The van der Waals surface area contributed by atoms with Gasteiger partial charge in [0.15, 0.2) is 15.0 Å². The Morgan fingerprint density at radius 2 is 2.22 bits per heavy atom. The first-order valence-corrected chi connectivity index (χ1v) is 9.75. The van der Waals surface area contributed by atoms with Crippen LogP contribution in [0, 0.1) is 0 Å². The largest absolute Gasteiger partial charge is 0.345 e. The van der Waals surface area contributed by atoms with E-state index in [0.717, 1.165) is 6.26 Å². The molecule has 122 valence electrons. The Kier molecular flexibility index (Phi) is 4.20. The van der Waals surface area contributed by atoms with Crippen molar-refractivity contribution >= 4 is 32.1 Å². The molecule has 5 nitrogen and oxygen atoms in total. The van der Waals surface area contributed by atoms with Gasteiger partial charge in [0.05, 0.1) is 22.5 Å². The number of ketones is 1. The molecule has 0 radical (unpaired) electrons. The summed E-state index contributed by atoms with van der Waals surface area (Å²) >= 11 is 1.20. The molecule has 2 heterocycles. The van der Waals surface area contributed by atoms with Gasteiger partial charge >= 0.3 is 0 Å². The second kappa shape index (κ2) is 6.01. The molecule has 23 heavy (non-hydrogen) atoms. The number of carbonyl (C=O) groups is 1. The standard InChI is InChI=1S/C15H15FN2O3S2/c1-23(20,21)12-4-2-3-10(7-12)14(19)13-8-17-15(22-13)18-6-5-11(16)9-18/h2-4,7-8,11H,5-6,9H2,1H3/t11-/m0/s1. The van der Waals surface area contributed by atoms with Crippen molar-refractivity contribution in [2.45, 2.75) is 17.5 Å². The predicted molar refractivity (Wildman–Crippen MR) is 86.8 cm³/mol. The highest BCUT2D eigenvalue weighted by atomic mass is 32.2. The molecule has 0 amide bonds. The maximum atomic E-state index is 13.3. The molecule has 0 aliphatic carbocycles. The van der Waals surface area contributed by atoms with Crippen LogP contribution >= 0.6 is 11.3 Å². The van der Waals surface area contributed by atoms with Gasteiger partial charge in [0.1, 0.15) is 6.17 Å². The van der Waals surface area contributed by atoms with Gasteiger partial charge in [0.2, 0.25) is 5.78 Å². The SMILES string of the molecule is CS(=O)(=O)c1cccc(C(=O)c2cnc(N3CC[C@H](F)C3)s2)c1. The van der Waals surface area contributed by atoms with Gasteiger partial charge in [-0.25, -0.2) is 17.8 Å². The van der Waals surface area contributed by atoms with Gasteiger partial charge in [-0.3, -0.25) is 4.79 Å². The van der Waals surface area contributed by atoms with E-state index in [-0.39, 0.29) is 10.7 Å². The van der Waals surface area contributed by atoms with Crippen LogP contribution in [-0.4, -0.2) is 44.7 Å². The quantitative estimate of drug-likeness (QED) is 0.789. The van der Waals surface area contributed by atoms with Crippen molar-refractivity contribution < 1.29 is 17.6 Å². The zero-order valence-corrected chi connectivity index (χ0v) is 14.0. The Balaban J connectivity index is 1.85. The van der Waals surface area contributed by atoms with E-state index in [1.54, 1.807) is 12.1 Å². The minimum absolute atomic E-state index is 0.105. The van der Waals surface area contributed by atoms with Gasteiger partial charge in [-0.15, -0.1) is 0 Å². The Morgan fingerprint density at radius 3 is 2.87 bits per heavy atom. The Labute approximate surface area is 137 Å². The van der Waals surface area contributed by atoms with E-state index in [0.29, 0.717) is 35.1 Å². The fourth-order valence-electron chi connectivity index (χ4n) is 2.42. The number of alkyl halides is 1. The average molecular weight is 354 g/mol. The summed E-state index contributed by atoms with van der Waals surface area (Å²) in [5.41, 5.74) is 0.299. The molecule has 8 heteroatoms. The van der Waals surface area contributed by atoms with Crippen LogP contribution in [0.15, 0.2) is 35.4 Å². The molecule has 1 aliphatic rings. The third-order valence-electron chi connectivity index (χ3n) is 3.64. The monoisotopic (exact) mass is 354 g/mol. The van der Waals surface area contributed by atoms with Gasteiger partial charge in [-0.2, -0.15) is 0 Å². The number of hydrogen-bond donors (Lipinski definition) is 0. The molecule has 0 saturated carbocycles. The van der Waals surface area contributed by atoms with Crippen molar-refractivity contribution in [3.63, 3.8) is 0 Å². The summed E-state index contributed by atoms with van der Waals surface area (Å²) in [7, 11) is -3.37. The first-order chi connectivity index (χ1) is 10.8. The Hall–Kier alpha value is -1.80. The molecular formula is C15H15FN2O3S2. The molecule has 1 saturated heterocycles. The number of aromatic nitrogens is 1. The second-order valence-corrected chi connectivity index (χ2v) is 8.49. The lowest BCUT2D eigenvalue weighted by molar-refractivity contribution is 0.104. The lowest BCUT2D eigenvalue weighted by Crippen LogP contribution is -2.19. The molecule has 1 fully saturated rings. The van der Waals surface area contributed by atoms with E-state index >= 15 is 0 Å². The Morgan fingerprint density at radius 1 is 1.43 bits per heavy atom. The first kappa shape index (κ1) is 16.1. The second-order valence-electron chi connectivity index (χ2n) is 5.47. The first-order valence-electron chi connectivity index (χ1n) is 7.04. The van der Waals surface area contributed by atoms with E-state index in [1.165, 1.54) is 29.7 Å². The highest BCUT2D eigenvalue weighted by Crippen LogP contribution is 2.28. The molecule has 1 aromatic carbocycles. The summed E-state index contributed by atoms with van der Waals surface area (Å²) in [5.74, 6) is -0.282. The molecule has 1 aliphatic heterocycles. The molecule has 1 atom stereocenters. The molecule has 0 spiro atoms. The smallest absolute Gasteiger partial charge is 0.204 e. The van der Waals surface area contributed by atoms with Crippen LogP contribution in [0.1, 0.15) is 21.7 Å². The normalized spacial score (nSPS) is 18.3. The highest BCUT2D eigenvalue weighted by Gasteiger charge is 2.25. The lowest BCUT2D eigenvalue weighted by atomic mass is 10.1. The molecule has 2 aromatic rings. The molecule has 1 aromatic heterocycles. The van der Waals surface area contributed by atoms with E-state index in [9.17, 15) is 17.6 Å². The molecule has 0 unspecified atom stereocenters. The minimum Gasteiger partial charge on any atom is -0.345 e. The number of benzene rings is 1. The molecular weight excluding hydrogens is 339 g/mol. The number of anilines is 1. The number of carbonyl (C=O) groups excluding carboxylic acids is 1. The van der Waals surface area contributed by atoms with Crippen molar-refractivity contribution in [3.05, 3.63) is 40.9 Å². The topological polar surface area (TPSA) is 67.3 Å². The highest BCUT2D eigenvalue weighted by molar-refractivity contribution is 7.90. The summed E-state index contributed by atoms with van der Waals surface area (Å²) in [6.07, 6.45) is 2.17. The number of thiazole rings is 1. The van der Waals surface area contributed by atoms with E-state index in [1.807, 2.05) is 4.90 Å². The maximum Gasteiger partial charge on any atom is 0.204 e. The van der Waals surface area contributed by atoms with Gasteiger partial charge in [-0.1, -0.05) is 23.5 Å². The van der Waals surface area contributed by atoms with Crippen LogP contribution in [-0.2, 0) is 9.84 Å². The zero-order valence-electron chi connectivity index (χ0n) is 12.4. The summed E-state index contributed by atoms with van der Waals surface area (Å²) in [4.78, 5) is 19.0. The van der Waals surface area contributed by atoms with Crippen molar-refractivity contribution in [1.29, 1.82) is 0 Å². The fourth-order valence-corrected chi connectivity index (χ4v) is 4.00. The van der Waals surface area contributed by atoms with Crippen LogP contribution in [0.25, 0.3) is 0 Å². The van der Waals surface area contributed by atoms with Gasteiger partial charge in [-0.05, 0) is 18.6 Å². The maximum absolute atomic E-state index is 13.3. The lowest BCUT2D eigenvalue weighted by Gasteiger charge is -2.12. The summed E-state index contributed by atoms with van der Waals surface area (Å²) in [5, 5.41) is 0.618. The van der Waals surface area contributed by atoms with E-state index < -0.39 is 16.0 Å². The minimum atomic E-state index is -3.37. The van der Waals surface area contributed by atoms with Crippen LogP contribution in [0.3, 0.4) is 0 Å². The van der Waals surface area contributed by atoms with Crippen LogP contribution < -0.4 is 4.90 Å². The van der Waals surface area contributed by atoms with Crippen LogP contribution in [0.2, 0.25) is 0 Å². The van der Waals surface area contributed by atoms with Crippen molar-refractivity contribution in [1.82, 2.24) is 4.98 Å². The number of sulfone groups is 1. The number of halogens is 1. The van der Waals surface area contributed by atoms with Gasteiger partial charge in [0.25, 0.3) is 0 Å². The average Bonchev–Trinajstić information content (AvgIpc) is 3.14. The van der Waals surface area contributed by atoms with E-state index in [4.69, 9.17) is 0 Å². The van der Waals surface area contributed by atoms with Crippen LogP contribution in [0.5, 0.6) is 0 Å². The zero-order chi connectivity index (χ0) is 16.6. The third-order valence-corrected chi connectivity index (χ3v) is 5.81. The summed E-state index contributed by atoms with van der Waals surface area (Å²) < 4.78 is 36.4. The van der Waals surface area contributed by atoms with Crippen LogP contribution in [0.4, 0.5) is 9.52 Å². The van der Waals surface area contributed by atoms with Crippen molar-refractivity contribution in [3.8, 4) is 0 Å².